The number of hydrogen-bond acceptors (Lipinski definition) is 2. The fraction of sp³-hybridized carbons (Fsp3) is 0.375. The Labute approximate surface area is 128 Å². The molecule has 2 rings (SSSR count). The molecule has 1 aromatic heterocycles. The van der Waals surface area contributed by atoms with Crippen LogP contribution in [-0.4, -0.2) is 6.54 Å². The Morgan fingerprint density at radius 3 is 2.79 bits per heavy atom. The topological polar surface area (TPSA) is 12.0 Å². The number of halogens is 1. The van der Waals surface area contributed by atoms with Gasteiger partial charge in [-0.3, -0.25) is 0 Å². The summed E-state index contributed by atoms with van der Waals surface area (Å²) in [5, 5.41) is 5.76. The van der Waals surface area contributed by atoms with Crippen molar-refractivity contribution in [2.45, 2.75) is 32.7 Å². The van der Waals surface area contributed by atoms with Crippen LogP contribution in [0.2, 0.25) is 0 Å². The third-order valence-electron chi connectivity index (χ3n) is 3.31. The number of aryl methyl sites for hydroxylation is 2. The van der Waals surface area contributed by atoms with Gasteiger partial charge in [-0.05, 0) is 48.9 Å². The first-order chi connectivity index (χ1) is 9.22. The zero-order valence-corrected chi connectivity index (χ0v) is 13.9. The summed E-state index contributed by atoms with van der Waals surface area (Å²) in [5.74, 6) is 0. The molecule has 0 saturated heterocycles. The number of rotatable bonds is 6. The van der Waals surface area contributed by atoms with E-state index < -0.39 is 0 Å². The molecular formula is C16H20BrNS. The summed E-state index contributed by atoms with van der Waals surface area (Å²) in [6.07, 6.45) is 2.27. The van der Waals surface area contributed by atoms with Crippen LogP contribution in [-0.2, 0) is 6.42 Å². The van der Waals surface area contributed by atoms with E-state index in [0.29, 0.717) is 6.04 Å². The van der Waals surface area contributed by atoms with Crippen LogP contribution >= 0.6 is 27.3 Å². The van der Waals surface area contributed by atoms with E-state index in [1.807, 2.05) is 11.3 Å². The normalized spacial score (nSPS) is 12.6. The number of thiophene rings is 1. The van der Waals surface area contributed by atoms with Crippen molar-refractivity contribution in [1.29, 1.82) is 0 Å². The van der Waals surface area contributed by atoms with Crippen molar-refractivity contribution in [3.05, 3.63) is 56.2 Å². The van der Waals surface area contributed by atoms with Gasteiger partial charge in [-0.15, -0.1) is 11.3 Å². The Kier molecular flexibility index (Phi) is 5.61. The molecule has 19 heavy (non-hydrogen) atoms. The standard InChI is InChI=1S/C16H20BrNS/c1-3-18-15(10-9-13-7-5-11-19-13)14-8-4-6-12(2)16(14)17/h4-8,11,15,18H,3,9-10H2,1-2H3. The Morgan fingerprint density at radius 1 is 1.26 bits per heavy atom. The molecule has 0 aliphatic heterocycles. The average Bonchev–Trinajstić information content (AvgIpc) is 2.91. The van der Waals surface area contributed by atoms with E-state index in [2.05, 4.69) is 70.8 Å². The fourth-order valence-electron chi connectivity index (χ4n) is 2.29. The van der Waals surface area contributed by atoms with E-state index in [0.717, 1.165) is 19.4 Å². The van der Waals surface area contributed by atoms with E-state index >= 15 is 0 Å². The predicted molar refractivity (Wildman–Crippen MR) is 87.9 cm³/mol. The molecule has 102 valence electrons. The first-order valence-corrected chi connectivity index (χ1v) is 8.40. The Hall–Kier alpha value is -0.640. The van der Waals surface area contributed by atoms with Crippen LogP contribution in [0.15, 0.2) is 40.2 Å². The van der Waals surface area contributed by atoms with Gasteiger partial charge in [0.15, 0.2) is 0 Å². The second-order valence-corrected chi connectivity index (χ2v) is 6.53. The lowest BCUT2D eigenvalue weighted by atomic mass is 9.99. The molecule has 0 radical (unpaired) electrons. The highest BCUT2D eigenvalue weighted by molar-refractivity contribution is 9.10. The van der Waals surface area contributed by atoms with Gasteiger partial charge >= 0.3 is 0 Å². The number of nitrogens with one attached hydrogen (secondary N) is 1. The molecule has 0 aliphatic rings. The molecule has 0 aliphatic carbocycles. The maximum absolute atomic E-state index is 3.73. The first-order valence-electron chi connectivity index (χ1n) is 6.73. The molecular weight excluding hydrogens is 318 g/mol. The minimum atomic E-state index is 0.418. The van der Waals surface area contributed by atoms with Crippen molar-refractivity contribution in [2.75, 3.05) is 6.54 Å². The summed E-state index contributed by atoms with van der Waals surface area (Å²) in [6, 6.07) is 11.3. The van der Waals surface area contributed by atoms with Gasteiger partial charge < -0.3 is 5.32 Å². The van der Waals surface area contributed by atoms with Gasteiger partial charge in [0.2, 0.25) is 0 Å². The van der Waals surface area contributed by atoms with Gasteiger partial charge in [-0.2, -0.15) is 0 Å². The van der Waals surface area contributed by atoms with E-state index in [1.54, 1.807) is 0 Å². The van der Waals surface area contributed by atoms with Crippen molar-refractivity contribution < 1.29 is 0 Å². The third-order valence-corrected chi connectivity index (χ3v) is 5.33. The number of benzene rings is 1. The van der Waals surface area contributed by atoms with Crippen LogP contribution < -0.4 is 5.32 Å². The summed E-state index contributed by atoms with van der Waals surface area (Å²) in [4.78, 5) is 1.46. The van der Waals surface area contributed by atoms with E-state index in [9.17, 15) is 0 Å². The molecule has 1 N–H and O–H groups in total. The molecule has 0 spiro atoms. The molecule has 0 bridgehead atoms. The van der Waals surface area contributed by atoms with Gasteiger partial charge in [0, 0.05) is 15.4 Å². The van der Waals surface area contributed by atoms with Crippen molar-refractivity contribution in [3.63, 3.8) is 0 Å². The minimum absolute atomic E-state index is 0.418. The van der Waals surface area contributed by atoms with Crippen molar-refractivity contribution in [3.8, 4) is 0 Å². The summed E-state index contributed by atoms with van der Waals surface area (Å²) in [7, 11) is 0. The van der Waals surface area contributed by atoms with Gasteiger partial charge in [0.05, 0.1) is 0 Å². The Morgan fingerprint density at radius 2 is 2.11 bits per heavy atom. The molecule has 1 heterocycles. The molecule has 0 fully saturated rings. The molecule has 3 heteroatoms. The quantitative estimate of drug-likeness (QED) is 0.772. The second kappa shape index (κ2) is 7.22. The van der Waals surface area contributed by atoms with Crippen molar-refractivity contribution >= 4 is 27.3 Å². The average molecular weight is 338 g/mol. The minimum Gasteiger partial charge on any atom is -0.310 e. The van der Waals surface area contributed by atoms with E-state index in [1.165, 1.54) is 20.5 Å². The first kappa shape index (κ1) is 14.8. The van der Waals surface area contributed by atoms with Crippen LogP contribution in [0, 0.1) is 6.92 Å². The SMILES string of the molecule is CCNC(CCc1cccs1)c1cccc(C)c1Br. The molecule has 1 aromatic carbocycles. The van der Waals surface area contributed by atoms with Crippen LogP contribution in [0.3, 0.4) is 0 Å². The monoisotopic (exact) mass is 337 g/mol. The lowest BCUT2D eigenvalue weighted by molar-refractivity contribution is 0.515. The molecule has 1 nitrogen and oxygen atoms in total. The molecule has 1 unspecified atom stereocenters. The second-order valence-electron chi connectivity index (χ2n) is 4.71. The molecule has 0 saturated carbocycles. The molecule has 2 aromatic rings. The van der Waals surface area contributed by atoms with Crippen LogP contribution in [0.5, 0.6) is 0 Å². The highest BCUT2D eigenvalue weighted by atomic mass is 79.9. The Bertz CT molecular complexity index is 507. The van der Waals surface area contributed by atoms with E-state index in [-0.39, 0.29) is 0 Å². The maximum Gasteiger partial charge on any atom is 0.0334 e. The lowest BCUT2D eigenvalue weighted by Gasteiger charge is -2.20. The smallest absolute Gasteiger partial charge is 0.0334 e. The largest absolute Gasteiger partial charge is 0.310 e. The predicted octanol–water partition coefficient (Wildman–Crippen LogP) is 5.10. The van der Waals surface area contributed by atoms with Gasteiger partial charge in [-0.25, -0.2) is 0 Å². The number of hydrogen-bond donors (Lipinski definition) is 1. The summed E-state index contributed by atoms with van der Waals surface area (Å²) in [6.45, 7) is 5.31. The zero-order valence-electron chi connectivity index (χ0n) is 11.4. The fourth-order valence-corrected chi connectivity index (χ4v) is 3.56. The van der Waals surface area contributed by atoms with Crippen LogP contribution in [0.1, 0.15) is 35.4 Å². The van der Waals surface area contributed by atoms with Gasteiger partial charge in [0.1, 0.15) is 0 Å². The van der Waals surface area contributed by atoms with Crippen molar-refractivity contribution in [1.82, 2.24) is 5.32 Å². The summed E-state index contributed by atoms with van der Waals surface area (Å²) >= 11 is 5.58. The highest BCUT2D eigenvalue weighted by Crippen LogP contribution is 2.29. The van der Waals surface area contributed by atoms with Gasteiger partial charge in [0.25, 0.3) is 0 Å². The summed E-state index contributed by atoms with van der Waals surface area (Å²) < 4.78 is 1.24. The molecule has 0 amide bonds. The van der Waals surface area contributed by atoms with Crippen molar-refractivity contribution in [2.24, 2.45) is 0 Å². The molecule has 1 atom stereocenters. The summed E-state index contributed by atoms with van der Waals surface area (Å²) in [5.41, 5.74) is 2.68. The third kappa shape index (κ3) is 3.91. The van der Waals surface area contributed by atoms with Gasteiger partial charge in [-0.1, -0.05) is 47.1 Å². The van der Waals surface area contributed by atoms with Crippen LogP contribution in [0.25, 0.3) is 0 Å². The highest BCUT2D eigenvalue weighted by Gasteiger charge is 2.14. The Balaban J connectivity index is 2.12. The maximum atomic E-state index is 3.73. The van der Waals surface area contributed by atoms with Crippen LogP contribution in [0.4, 0.5) is 0 Å². The zero-order chi connectivity index (χ0) is 13.7. The lowest BCUT2D eigenvalue weighted by Crippen LogP contribution is -2.22. The van der Waals surface area contributed by atoms with E-state index in [4.69, 9.17) is 0 Å².